The van der Waals surface area contributed by atoms with Crippen LogP contribution in [-0.4, -0.2) is 31.4 Å². The van der Waals surface area contributed by atoms with Crippen LogP contribution in [0.15, 0.2) is 42.5 Å². The summed E-state index contributed by atoms with van der Waals surface area (Å²) >= 11 is 0. The molecule has 8 heteroatoms. The van der Waals surface area contributed by atoms with E-state index in [-0.39, 0.29) is 11.3 Å². The monoisotopic (exact) mass is 332 g/mol. The SMILES string of the molecule is COc1ccc(OC(=O)Nc2ccc(C(=O)NO)cc2)cc1OC. The van der Waals surface area contributed by atoms with Crippen LogP contribution in [-0.2, 0) is 0 Å². The van der Waals surface area contributed by atoms with Gasteiger partial charge in [-0.15, -0.1) is 0 Å². The minimum absolute atomic E-state index is 0.247. The molecule has 2 rings (SSSR count). The van der Waals surface area contributed by atoms with E-state index in [1.165, 1.54) is 50.0 Å². The van der Waals surface area contributed by atoms with Crippen LogP contribution >= 0.6 is 0 Å². The van der Waals surface area contributed by atoms with Crippen molar-refractivity contribution in [3.8, 4) is 17.2 Å². The first-order chi connectivity index (χ1) is 11.6. The number of carbonyl (C=O) groups excluding carboxylic acids is 2. The molecule has 0 aromatic heterocycles. The van der Waals surface area contributed by atoms with Crippen LogP contribution in [0.2, 0.25) is 0 Å². The molecule has 0 atom stereocenters. The second-order valence-electron chi connectivity index (χ2n) is 4.55. The van der Waals surface area contributed by atoms with E-state index in [9.17, 15) is 9.59 Å². The predicted molar refractivity (Wildman–Crippen MR) is 84.9 cm³/mol. The van der Waals surface area contributed by atoms with Crippen molar-refractivity contribution in [2.75, 3.05) is 19.5 Å². The number of amides is 2. The molecule has 24 heavy (non-hydrogen) atoms. The van der Waals surface area contributed by atoms with Gasteiger partial charge in [0.1, 0.15) is 5.75 Å². The third kappa shape index (κ3) is 4.14. The maximum atomic E-state index is 11.9. The number of methoxy groups -OCH3 is 2. The number of benzene rings is 2. The number of hydroxylamine groups is 1. The van der Waals surface area contributed by atoms with E-state index in [1.54, 1.807) is 12.1 Å². The number of nitrogens with one attached hydrogen (secondary N) is 2. The summed E-state index contributed by atoms with van der Waals surface area (Å²) in [5.41, 5.74) is 2.19. The summed E-state index contributed by atoms with van der Waals surface area (Å²) in [4.78, 5) is 23.1. The lowest BCUT2D eigenvalue weighted by atomic mass is 10.2. The Morgan fingerprint density at radius 2 is 1.62 bits per heavy atom. The summed E-state index contributed by atoms with van der Waals surface area (Å²) in [5, 5.41) is 11.1. The number of rotatable bonds is 5. The smallest absolute Gasteiger partial charge is 0.417 e. The summed E-state index contributed by atoms with van der Waals surface area (Å²) in [6, 6.07) is 10.6. The fraction of sp³-hybridized carbons (Fsp3) is 0.125. The van der Waals surface area contributed by atoms with Gasteiger partial charge in [0.25, 0.3) is 5.91 Å². The van der Waals surface area contributed by atoms with Gasteiger partial charge in [-0.05, 0) is 36.4 Å². The molecule has 8 nitrogen and oxygen atoms in total. The lowest BCUT2D eigenvalue weighted by Crippen LogP contribution is -2.19. The van der Waals surface area contributed by atoms with Crippen molar-refractivity contribution >= 4 is 17.7 Å². The average molecular weight is 332 g/mol. The van der Waals surface area contributed by atoms with Gasteiger partial charge >= 0.3 is 6.09 Å². The zero-order valence-electron chi connectivity index (χ0n) is 13.0. The summed E-state index contributed by atoms with van der Waals surface area (Å²) in [7, 11) is 2.98. The maximum absolute atomic E-state index is 11.9. The predicted octanol–water partition coefficient (Wildman–Crippen LogP) is 2.43. The van der Waals surface area contributed by atoms with Crippen molar-refractivity contribution in [3.05, 3.63) is 48.0 Å². The molecule has 0 fully saturated rings. The molecule has 0 spiro atoms. The first-order valence-corrected chi connectivity index (χ1v) is 6.82. The quantitative estimate of drug-likeness (QED) is 0.573. The highest BCUT2D eigenvalue weighted by molar-refractivity contribution is 5.94. The number of anilines is 1. The summed E-state index contributed by atoms with van der Waals surface area (Å²) < 4.78 is 15.4. The van der Waals surface area contributed by atoms with Gasteiger partial charge in [-0.3, -0.25) is 15.3 Å². The van der Waals surface area contributed by atoms with Crippen molar-refractivity contribution in [2.24, 2.45) is 0 Å². The van der Waals surface area contributed by atoms with E-state index in [0.717, 1.165) is 0 Å². The van der Waals surface area contributed by atoms with Gasteiger partial charge in [0.2, 0.25) is 0 Å². The van der Waals surface area contributed by atoms with Crippen molar-refractivity contribution in [1.82, 2.24) is 5.48 Å². The highest BCUT2D eigenvalue weighted by Crippen LogP contribution is 2.31. The molecule has 0 aliphatic carbocycles. The standard InChI is InChI=1S/C16H16N2O6/c1-22-13-8-7-12(9-14(13)23-2)24-16(20)17-11-5-3-10(4-6-11)15(19)18-21/h3-9,21H,1-2H3,(H,17,20)(H,18,19). The van der Waals surface area contributed by atoms with Gasteiger partial charge in [-0.1, -0.05) is 0 Å². The Bertz CT molecular complexity index is 730. The van der Waals surface area contributed by atoms with E-state index in [2.05, 4.69) is 5.32 Å². The van der Waals surface area contributed by atoms with Gasteiger partial charge in [-0.25, -0.2) is 10.3 Å². The zero-order valence-corrected chi connectivity index (χ0v) is 13.0. The third-order valence-corrected chi connectivity index (χ3v) is 3.06. The topological polar surface area (TPSA) is 106 Å². The third-order valence-electron chi connectivity index (χ3n) is 3.06. The fourth-order valence-electron chi connectivity index (χ4n) is 1.90. The molecule has 0 radical (unpaired) electrons. The largest absolute Gasteiger partial charge is 0.493 e. The van der Waals surface area contributed by atoms with Crippen LogP contribution in [0.1, 0.15) is 10.4 Å². The molecule has 0 unspecified atom stereocenters. The Kier molecular flexibility index (Phi) is 5.58. The van der Waals surface area contributed by atoms with E-state index >= 15 is 0 Å². The van der Waals surface area contributed by atoms with Gasteiger partial charge in [0, 0.05) is 17.3 Å². The lowest BCUT2D eigenvalue weighted by Gasteiger charge is -2.10. The zero-order chi connectivity index (χ0) is 17.5. The molecule has 0 heterocycles. The van der Waals surface area contributed by atoms with E-state index in [4.69, 9.17) is 19.4 Å². The highest BCUT2D eigenvalue weighted by Gasteiger charge is 2.10. The molecule has 0 aliphatic rings. The first kappa shape index (κ1) is 17.1. The molecule has 0 bridgehead atoms. The van der Waals surface area contributed by atoms with Crippen molar-refractivity contribution in [3.63, 3.8) is 0 Å². The molecule has 2 aromatic carbocycles. The van der Waals surface area contributed by atoms with Crippen LogP contribution in [0.25, 0.3) is 0 Å². The van der Waals surface area contributed by atoms with Crippen molar-refractivity contribution < 1.29 is 29.0 Å². The van der Waals surface area contributed by atoms with Gasteiger partial charge < -0.3 is 14.2 Å². The van der Waals surface area contributed by atoms with Gasteiger partial charge in [-0.2, -0.15) is 0 Å². The average Bonchev–Trinajstić information content (AvgIpc) is 2.61. The second-order valence-corrected chi connectivity index (χ2v) is 4.55. The van der Waals surface area contributed by atoms with Gasteiger partial charge in [0.05, 0.1) is 14.2 Å². The molecule has 126 valence electrons. The lowest BCUT2D eigenvalue weighted by molar-refractivity contribution is 0.0706. The number of hydrogen-bond acceptors (Lipinski definition) is 6. The number of carbonyl (C=O) groups is 2. The van der Waals surface area contributed by atoms with Crippen molar-refractivity contribution in [1.29, 1.82) is 0 Å². The van der Waals surface area contributed by atoms with Crippen LogP contribution in [0.3, 0.4) is 0 Å². The molecule has 0 saturated carbocycles. The van der Waals surface area contributed by atoms with Crippen LogP contribution < -0.4 is 25.0 Å². The van der Waals surface area contributed by atoms with E-state index in [0.29, 0.717) is 17.2 Å². The highest BCUT2D eigenvalue weighted by atomic mass is 16.6. The Labute approximate surface area is 137 Å². The molecule has 0 saturated heterocycles. The maximum Gasteiger partial charge on any atom is 0.417 e. The normalized spacial score (nSPS) is 9.79. The van der Waals surface area contributed by atoms with E-state index < -0.39 is 12.0 Å². The number of hydrogen-bond donors (Lipinski definition) is 3. The Morgan fingerprint density at radius 3 is 2.21 bits per heavy atom. The molecular weight excluding hydrogens is 316 g/mol. The van der Waals surface area contributed by atoms with Crippen LogP contribution in [0.4, 0.5) is 10.5 Å². The Hall–Kier alpha value is -3.26. The summed E-state index contributed by atoms with van der Waals surface area (Å²) in [5.74, 6) is 0.584. The molecule has 0 aliphatic heterocycles. The van der Waals surface area contributed by atoms with Crippen molar-refractivity contribution in [2.45, 2.75) is 0 Å². The molecular formula is C16H16N2O6. The fourth-order valence-corrected chi connectivity index (χ4v) is 1.90. The van der Waals surface area contributed by atoms with Crippen LogP contribution in [0, 0.1) is 0 Å². The Balaban J connectivity index is 2.01. The molecule has 2 amide bonds. The summed E-state index contributed by atoms with van der Waals surface area (Å²) in [6.07, 6.45) is -0.707. The number of ether oxygens (including phenoxy) is 3. The van der Waals surface area contributed by atoms with Crippen LogP contribution in [0.5, 0.6) is 17.2 Å². The van der Waals surface area contributed by atoms with Gasteiger partial charge in [0.15, 0.2) is 11.5 Å². The Morgan fingerprint density at radius 1 is 0.958 bits per heavy atom. The summed E-state index contributed by atoms with van der Waals surface area (Å²) in [6.45, 7) is 0. The minimum Gasteiger partial charge on any atom is -0.493 e. The second kappa shape index (κ2) is 7.84. The first-order valence-electron chi connectivity index (χ1n) is 6.82. The molecule has 2 aromatic rings. The van der Waals surface area contributed by atoms with E-state index in [1.807, 2.05) is 0 Å². The minimum atomic E-state index is -0.707. The molecule has 3 N–H and O–H groups in total.